The van der Waals surface area contributed by atoms with Gasteiger partial charge < -0.3 is 26.9 Å². The Labute approximate surface area is 165 Å². The van der Waals surface area contributed by atoms with Crippen molar-refractivity contribution in [3.05, 3.63) is 52.3 Å². The largest absolute Gasteiger partial charge is 0.453 e. The molecule has 2 aromatic carbocycles. The van der Waals surface area contributed by atoms with E-state index in [-0.39, 0.29) is 23.2 Å². The third-order valence-electron chi connectivity index (χ3n) is 5.24. The summed E-state index contributed by atoms with van der Waals surface area (Å²) in [5.41, 5.74) is 6.60. The first-order chi connectivity index (χ1) is 13.4. The van der Waals surface area contributed by atoms with E-state index in [0.717, 1.165) is 25.7 Å². The van der Waals surface area contributed by atoms with E-state index in [1.165, 1.54) is 12.1 Å². The van der Waals surface area contributed by atoms with Gasteiger partial charge in [-0.15, -0.1) is 0 Å². The molecule has 0 saturated heterocycles. The van der Waals surface area contributed by atoms with Gasteiger partial charge in [-0.2, -0.15) is 5.10 Å². The first-order valence-corrected chi connectivity index (χ1v) is 9.25. The molecule has 4 rings (SSSR count). The van der Waals surface area contributed by atoms with Crippen LogP contribution in [0.4, 0.5) is 14.9 Å². The predicted octanol–water partition coefficient (Wildman–Crippen LogP) is 3.75. The summed E-state index contributed by atoms with van der Waals surface area (Å²) in [5.74, 6) is 4.89. The quantitative estimate of drug-likeness (QED) is 0.270. The summed E-state index contributed by atoms with van der Waals surface area (Å²) in [4.78, 5) is 12.2. The Bertz CT molecular complexity index is 989. The number of carbonyl (C=O) groups is 1. The maximum atomic E-state index is 14.6. The van der Waals surface area contributed by atoms with Crippen LogP contribution >= 0.6 is 11.6 Å². The van der Waals surface area contributed by atoms with Crippen molar-refractivity contribution in [3.63, 3.8) is 0 Å². The van der Waals surface area contributed by atoms with Crippen LogP contribution in [0.5, 0.6) is 11.5 Å². The van der Waals surface area contributed by atoms with Gasteiger partial charge in [-0.3, -0.25) is 0 Å². The Balaban J connectivity index is 1.88. The molecule has 6 N–H and O–H groups in total. The zero-order valence-corrected chi connectivity index (χ0v) is 15.6. The number of benzene rings is 2. The highest BCUT2D eigenvalue weighted by atomic mass is 35.5. The van der Waals surface area contributed by atoms with Gasteiger partial charge in [0.05, 0.1) is 21.8 Å². The van der Waals surface area contributed by atoms with Gasteiger partial charge in [-0.25, -0.2) is 9.18 Å². The number of ether oxygens (including phenoxy) is 1. The van der Waals surface area contributed by atoms with Crippen molar-refractivity contribution in [2.24, 2.45) is 16.7 Å². The predicted molar refractivity (Wildman–Crippen MR) is 105 cm³/mol. The normalized spacial score (nSPS) is 17.8. The van der Waals surface area contributed by atoms with Crippen molar-refractivity contribution in [1.29, 1.82) is 0 Å². The van der Waals surface area contributed by atoms with E-state index < -0.39 is 11.4 Å². The van der Waals surface area contributed by atoms with Crippen LogP contribution in [-0.4, -0.2) is 11.9 Å². The van der Waals surface area contributed by atoms with Crippen LogP contribution in [0.1, 0.15) is 36.8 Å². The molecule has 1 saturated carbocycles. The molecule has 28 heavy (non-hydrogen) atoms. The number of hydrazone groups is 1. The van der Waals surface area contributed by atoms with Crippen molar-refractivity contribution in [2.45, 2.75) is 31.2 Å². The third-order valence-corrected chi connectivity index (χ3v) is 5.55. The van der Waals surface area contributed by atoms with Gasteiger partial charge in [0, 0.05) is 5.56 Å². The Morgan fingerprint density at radius 3 is 2.71 bits per heavy atom. The molecule has 146 valence electrons. The van der Waals surface area contributed by atoms with Crippen LogP contribution in [-0.2, 0) is 5.54 Å². The number of nitrogens with two attached hydrogens (primary N) is 2. The number of urea groups is 1. The van der Waals surface area contributed by atoms with E-state index in [0.29, 0.717) is 22.0 Å². The minimum atomic E-state index is -0.614. The van der Waals surface area contributed by atoms with Crippen LogP contribution in [0.15, 0.2) is 35.4 Å². The number of hydrogen-bond acceptors (Lipinski definition) is 4. The van der Waals surface area contributed by atoms with E-state index in [1.807, 2.05) is 0 Å². The topological polar surface area (TPSA) is 115 Å². The Kier molecular flexibility index (Phi) is 4.50. The Morgan fingerprint density at radius 1 is 1.25 bits per heavy atom. The minimum Gasteiger partial charge on any atom is -0.453 e. The second kappa shape index (κ2) is 6.87. The molecule has 2 aromatic rings. The first kappa shape index (κ1) is 18.4. The summed E-state index contributed by atoms with van der Waals surface area (Å²) < 4.78 is 20.6. The average molecular weight is 404 g/mol. The monoisotopic (exact) mass is 403 g/mol. The highest BCUT2D eigenvalue weighted by Crippen LogP contribution is 2.51. The van der Waals surface area contributed by atoms with Gasteiger partial charge >= 0.3 is 6.03 Å². The number of nitrogens with one attached hydrogen (secondary N) is 2. The van der Waals surface area contributed by atoms with Crippen LogP contribution in [0, 0.1) is 5.82 Å². The zero-order valence-electron chi connectivity index (χ0n) is 14.9. The van der Waals surface area contributed by atoms with Crippen molar-refractivity contribution in [3.8, 4) is 11.5 Å². The first-order valence-electron chi connectivity index (χ1n) is 8.87. The fourth-order valence-corrected chi connectivity index (χ4v) is 4.22. The van der Waals surface area contributed by atoms with Crippen LogP contribution in [0.25, 0.3) is 0 Å². The van der Waals surface area contributed by atoms with Crippen LogP contribution < -0.4 is 26.9 Å². The SMILES string of the molecule is NN=C(N)c1cccc(F)c1Oc1ccc(Cl)c2c1C1(CCCC1)NC(=O)N2. The van der Waals surface area contributed by atoms with E-state index in [4.69, 9.17) is 27.9 Å². The molecule has 0 aromatic heterocycles. The molecular weight excluding hydrogens is 385 g/mol. The third kappa shape index (κ3) is 2.90. The molecule has 1 aliphatic carbocycles. The molecule has 1 fully saturated rings. The van der Waals surface area contributed by atoms with E-state index in [2.05, 4.69) is 15.7 Å². The summed E-state index contributed by atoms with van der Waals surface area (Å²) in [6.07, 6.45) is 3.37. The van der Waals surface area contributed by atoms with E-state index >= 15 is 0 Å². The second-order valence-corrected chi connectivity index (χ2v) is 7.30. The lowest BCUT2D eigenvalue weighted by Crippen LogP contribution is -2.50. The number of nitrogens with zero attached hydrogens (tertiary/aromatic N) is 1. The molecule has 7 nitrogen and oxygen atoms in total. The zero-order chi connectivity index (χ0) is 19.9. The molecule has 0 atom stereocenters. The summed E-state index contributed by atoms with van der Waals surface area (Å²) >= 11 is 6.35. The lowest BCUT2D eigenvalue weighted by Gasteiger charge is -2.38. The van der Waals surface area contributed by atoms with E-state index in [1.54, 1.807) is 18.2 Å². The molecule has 1 aliphatic heterocycles. The number of fused-ring (bicyclic) bond motifs is 2. The van der Waals surface area contributed by atoms with Crippen molar-refractivity contribution >= 4 is 29.2 Å². The van der Waals surface area contributed by atoms with E-state index in [9.17, 15) is 9.18 Å². The molecular formula is C19H19ClFN5O2. The number of amidine groups is 1. The average Bonchev–Trinajstić information content (AvgIpc) is 3.13. The summed E-state index contributed by atoms with van der Waals surface area (Å²) in [6, 6.07) is 7.26. The van der Waals surface area contributed by atoms with Gasteiger partial charge in [0.15, 0.2) is 17.4 Å². The minimum absolute atomic E-state index is 0.0562. The number of carbonyl (C=O) groups excluding carboxylic acids is 1. The molecule has 2 amide bonds. The maximum Gasteiger partial charge on any atom is 0.319 e. The molecule has 1 heterocycles. The van der Waals surface area contributed by atoms with Crippen LogP contribution in [0.3, 0.4) is 0 Å². The second-order valence-electron chi connectivity index (χ2n) is 6.90. The lowest BCUT2D eigenvalue weighted by molar-refractivity contribution is 0.232. The number of hydrogen-bond donors (Lipinski definition) is 4. The van der Waals surface area contributed by atoms with Gasteiger partial charge in [0.2, 0.25) is 0 Å². The van der Waals surface area contributed by atoms with Gasteiger partial charge in [-0.05, 0) is 37.1 Å². The number of rotatable bonds is 3. The molecule has 9 heteroatoms. The summed E-state index contributed by atoms with van der Waals surface area (Å²) in [7, 11) is 0. The number of anilines is 1. The summed E-state index contributed by atoms with van der Waals surface area (Å²) in [6.45, 7) is 0. The fraction of sp³-hybridized carbons (Fsp3) is 0.263. The maximum absolute atomic E-state index is 14.6. The van der Waals surface area contributed by atoms with Crippen LogP contribution in [0.2, 0.25) is 5.02 Å². The fourth-order valence-electron chi connectivity index (χ4n) is 4.01. The van der Waals surface area contributed by atoms with Crippen molar-refractivity contribution in [2.75, 3.05) is 5.32 Å². The Morgan fingerprint density at radius 2 is 2.00 bits per heavy atom. The van der Waals surface area contributed by atoms with Crippen molar-refractivity contribution < 1.29 is 13.9 Å². The number of amides is 2. The molecule has 0 unspecified atom stereocenters. The molecule has 0 bridgehead atoms. The number of para-hydroxylation sites is 1. The highest BCUT2D eigenvalue weighted by molar-refractivity contribution is 6.34. The van der Waals surface area contributed by atoms with Gasteiger partial charge in [0.25, 0.3) is 0 Å². The summed E-state index contributed by atoms with van der Waals surface area (Å²) in [5, 5.41) is 9.59. The highest BCUT2D eigenvalue weighted by Gasteiger charge is 2.45. The molecule has 1 spiro atoms. The van der Waals surface area contributed by atoms with Gasteiger partial charge in [0.1, 0.15) is 5.75 Å². The smallest absolute Gasteiger partial charge is 0.319 e. The Hall–Kier alpha value is -3.00. The van der Waals surface area contributed by atoms with Gasteiger partial charge in [-0.1, -0.05) is 30.5 Å². The number of halogens is 2. The molecule has 2 aliphatic rings. The molecule has 0 radical (unpaired) electrons. The standard InChI is InChI=1S/C19H19ClFN5O2/c20-11-6-7-13(28-16-10(17(22)26-23)4-3-5-12(16)21)14-15(11)24-18(27)25-19(14)8-1-2-9-19/h3-7H,1-2,8-9,23H2,(H2,22,26)(H2,24,25,27). The van der Waals surface area contributed by atoms with Crippen molar-refractivity contribution in [1.82, 2.24) is 5.32 Å². The lowest BCUT2D eigenvalue weighted by atomic mass is 9.84.